The van der Waals surface area contributed by atoms with Gasteiger partial charge in [0.05, 0.1) is 12.2 Å². The van der Waals surface area contributed by atoms with Crippen molar-refractivity contribution in [3.63, 3.8) is 0 Å². The summed E-state index contributed by atoms with van der Waals surface area (Å²) in [5.41, 5.74) is 1.50. The van der Waals surface area contributed by atoms with E-state index in [0.717, 1.165) is 50.6 Å². The average molecular weight is 362 g/mol. The molecule has 146 valence electrons. The zero-order valence-corrected chi connectivity index (χ0v) is 16.8. The lowest BCUT2D eigenvalue weighted by atomic mass is 9.73. The molecule has 0 atom stereocenters. The van der Waals surface area contributed by atoms with Gasteiger partial charge in [-0.15, -0.1) is 0 Å². The Balaban J connectivity index is 1.51. The standard InChI is InChI=1S/C21H35N3O2/c1-4-6-20(25)24-13-9-21(10-14-24)7-5-11-23(12-8-21)16-18-15-19(17(2)3)22-26-18/h15,17H,4-14,16H2,1-3H3. The molecule has 0 aromatic carbocycles. The molecule has 0 saturated carbocycles. The summed E-state index contributed by atoms with van der Waals surface area (Å²) in [6.45, 7) is 11.4. The fourth-order valence-corrected chi connectivity index (χ4v) is 4.47. The maximum absolute atomic E-state index is 12.1. The molecule has 0 unspecified atom stereocenters. The molecule has 0 radical (unpaired) electrons. The third kappa shape index (κ3) is 4.67. The van der Waals surface area contributed by atoms with Crippen molar-refractivity contribution in [2.75, 3.05) is 26.2 Å². The van der Waals surface area contributed by atoms with Crippen LogP contribution in [-0.4, -0.2) is 47.0 Å². The van der Waals surface area contributed by atoms with Crippen LogP contribution in [0.15, 0.2) is 10.6 Å². The van der Waals surface area contributed by atoms with E-state index in [1.165, 1.54) is 32.1 Å². The minimum atomic E-state index is 0.351. The first kappa shape index (κ1) is 19.4. The highest BCUT2D eigenvalue weighted by Gasteiger charge is 2.37. The van der Waals surface area contributed by atoms with E-state index in [9.17, 15) is 4.79 Å². The number of carbonyl (C=O) groups excluding carboxylic acids is 1. The Morgan fingerprint density at radius 3 is 2.58 bits per heavy atom. The topological polar surface area (TPSA) is 49.6 Å². The first-order valence-electron chi connectivity index (χ1n) is 10.5. The number of carbonyl (C=O) groups is 1. The number of nitrogens with zero attached hydrogens (tertiary/aromatic N) is 3. The quantitative estimate of drug-likeness (QED) is 0.789. The van der Waals surface area contributed by atoms with Crippen molar-refractivity contribution in [1.82, 2.24) is 15.0 Å². The molecule has 0 N–H and O–H groups in total. The van der Waals surface area contributed by atoms with Gasteiger partial charge in [-0.25, -0.2) is 0 Å². The molecule has 1 amide bonds. The molecular formula is C21H35N3O2. The van der Waals surface area contributed by atoms with Gasteiger partial charge in [-0.1, -0.05) is 25.9 Å². The lowest BCUT2D eigenvalue weighted by molar-refractivity contribution is -0.133. The van der Waals surface area contributed by atoms with E-state index in [1.807, 2.05) is 0 Å². The summed E-state index contributed by atoms with van der Waals surface area (Å²) in [5, 5.41) is 4.19. The van der Waals surface area contributed by atoms with Crippen LogP contribution in [0.5, 0.6) is 0 Å². The highest BCUT2D eigenvalue weighted by molar-refractivity contribution is 5.76. The number of hydrogen-bond donors (Lipinski definition) is 0. The van der Waals surface area contributed by atoms with Gasteiger partial charge in [-0.2, -0.15) is 0 Å². The molecule has 3 rings (SSSR count). The molecule has 2 fully saturated rings. The monoisotopic (exact) mass is 361 g/mol. The Labute approximate surface area is 158 Å². The summed E-state index contributed by atoms with van der Waals surface area (Å²) < 4.78 is 5.53. The van der Waals surface area contributed by atoms with E-state index in [4.69, 9.17) is 4.52 Å². The molecule has 1 aromatic heterocycles. The van der Waals surface area contributed by atoms with Gasteiger partial charge in [0.1, 0.15) is 0 Å². The highest BCUT2D eigenvalue weighted by atomic mass is 16.5. The van der Waals surface area contributed by atoms with Crippen molar-refractivity contribution in [1.29, 1.82) is 0 Å². The second-order valence-electron chi connectivity index (χ2n) is 8.63. The Morgan fingerprint density at radius 2 is 1.92 bits per heavy atom. The predicted molar refractivity (Wildman–Crippen MR) is 103 cm³/mol. The summed E-state index contributed by atoms with van der Waals surface area (Å²) in [7, 11) is 0. The Morgan fingerprint density at radius 1 is 1.19 bits per heavy atom. The van der Waals surface area contributed by atoms with Crippen LogP contribution >= 0.6 is 0 Å². The molecule has 5 nitrogen and oxygen atoms in total. The van der Waals surface area contributed by atoms with Crippen molar-refractivity contribution >= 4 is 5.91 Å². The summed E-state index contributed by atoms with van der Waals surface area (Å²) in [6.07, 6.45) is 7.80. The molecule has 1 aromatic rings. The largest absolute Gasteiger partial charge is 0.360 e. The van der Waals surface area contributed by atoms with Crippen LogP contribution in [0.3, 0.4) is 0 Å². The lowest BCUT2D eigenvalue weighted by Gasteiger charge is -2.41. The van der Waals surface area contributed by atoms with E-state index in [0.29, 0.717) is 23.7 Å². The molecule has 5 heteroatoms. The molecule has 0 aliphatic carbocycles. The fraction of sp³-hybridized carbons (Fsp3) is 0.810. The van der Waals surface area contributed by atoms with Crippen LogP contribution < -0.4 is 0 Å². The molecule has 3 heterocycles. The maximum Gasteiger partial charge on any atom is 0.222 e. The summed E-state index contributed by atoms with van der Waals surface area (Å²) in [6, 6.07) is 2.11. The molecule has 26 heavy (non-hydrogen) atoms. The smallest absolute Gasteiger partial charge is 0.222 e. The first-order chi connectivity index (χ1) is 12.5. The molecule has 2 aliphatic rings. The van der Waals surface area contributed by atoms with Crippen LogP contribution in [0.4, 0.5) is 0 Å². The average Bonchev–Trinajstić information content (AvgIpc) is 3.01. The zero-order valence-electron chi connectivity index (χ0n) is 16.8. The Hall–Kier alpha value is -1.36. The third-order valence-corrected chi connectivity index (χ3v) is 6.33. The van der Waals surface area contributed by atoms with Gasteiger partial charge in [-0.3, -0.25) is 9.69 Å². The maximum atomic E-state index is 12.1. The second-order valence-corrected chi connectivity index (χ2v) is 8.63. The van der Waals surface area contributed by atoms with Gasteiger partial charge in [0.2, 0.25) is 5.91 Å². The number of aromatic nitrogens is 1. The van der Waals surface area contributed by atoms with Gasteiger partial charge in [0.25, 0.3) is 0 Å². The van der Waals surface area contributed by atoms with Crippen molar-refractivity contribution in [2.24, 2.45) is 5.41 Å². The summed E-state index contributed by atoms with van der Waals surface area (Å²) in [4.78, 5) is 16.8. The lowest BCUT2D eigenvalue weighted by Crippen LogP contribution is -2.43. The second kappa shape index (κ2) is 8.55. The number of hydrogen-bond acceptors (Lipinski definition) is 4. The predicted octanol–water partition coefficient (Wildman–Crippen LogP) is 4.19. The Bertz CT molecular complexity index is 588. The fourth-order valence-electron chi connectivity index (χ4n) is 4.47. The van der Waals surface area contributed by atoms with Crippen LogP contribution in [0.25, 0.3) is 0 Å². The normalized spacial score (nSPS) is 21.3. The third-order valence-electron chi connectivity index (χ3n) is 6.33. The van der Waals surface area contributed by atoms with Crippen molar-refractivity contribution in [3.8, 4) is 0 Å². The molecular weight excluding hydrogens is 326 g/mol. The number of amides is 1. The number of likely N-dealkylation sites (tertiary alicyclic amines) is 2. The molecule has 2 aliphatic heterocycles. The van der Waals surface area contributed by atoms with E-state index >= 15 is 0 Å². The van der Waals surface area contributed by atoms with Crippen LogP contribution in [0.2, 0.25) is 0 Å². The van der Waals surface area contributed by atoms with E-state index in [1.54, 1.807) is 0 Å². The van der Waals surface area contributed by atoms with Crippen molar-refractivity contribution < 1.29 is 9.32 Å². The van der Waals surface area contributed by atoms with Gasteiger partial charge in [0, 0.05) is 25.6 Å². The summed E-state index contributed by atoms with van der Waals surface area (Å²) in [5.74, 6) is 1.76. The number of piperidine rings is 1. The minimum Gasteiger partial charge on any atom is -0.360 e. The highest BCUT2D eigenvalue weighted by Crippen LogP contribution is 2.41. The zero-order chi connectivity index (χ0) is 18.6. The van der Waals surface area contributed by atoms with Gasteiger partial charge in [-0.05, 0) is 62.9 Å². The SMILES string of the molecule is CCCC(=O)N1CCC2(CCCN(Cc3cc(C(C)C)no3)CC2)CC1. The molecule has 2 saturated heterocycles. The number of rotatable bonds is 5. The Kier molecular flexibility index (Phi) is 6.38. The van der Waals surface area contributed by atoms with Crippen molar-refractivity contribution in [2.45, 2.75) is 78.2 Å². The van der Waals surface area contributed by atoms with Gasteiger partial charge in [0.15, 0.2) is 5.76 Å². The molecule has 0 bridgehead atoms. The summed E-state index contributed by atoms with van der Waals surface area (Å²) >= 11 is 0. The van der Waals surface area contributed by atoms with E-state index in [-0.39, 0.29) is 0 Å². The molecule has 1 spiro atoms. The van der Waals surface area contributed by atoms with E-state index < -0.39 is 0 Å². The van der Waals surface area contributed by atoms with Gasteiger partial charge < -0.3 is 9.42 Å². The van der Waals surface area contributed by atoms with Crippen LogP contribution in [0.1, 0.15) is 83.1 Å². The van der Waals surface area contributed by atoms with Gasteiger partial charge >= 0.3 is 0 Å². The van der Waals surface area contributed by atoms with Crippen LogP contribution in [0, 0.1) is 5.41 Å². The first-order valence-corrected chi connectivity index (χ1v) is 10.5. The minimum absolute atomic E-state index is 0.351. The van der Waals surface area contributed by atoms with Crippen molar-refractivity contribution in [3.05, 3.63) is 17.5 Å². The van der Waals surface area contributed by atoms with E-state index in [2.05, 4.69) is 41.8 Å². The van der Waals surface area contributed by atoms with Crippen LogP contribution in [-0.2, 0) is 11.3 Å².